The number of para-hydroxylation sites is 3. The molecular formula is C42H29NO2Si. The molecule has 0 radical (unpaired) electrons. The van der Waals surface area contributed by atoms with Crippen molar-refractivity contribution in [2.45, 2.75) is 13.1 Å². The van der Waals surface area contributed by atoms with Crippen LogP contribution in [-0.2, 0) is 0 Å². The first-order chi connectivity index (χ1) is 22.6. The van der Waals surface area contributed by atoms with Gasteiger partial charge in [0.15, 0.2) is 0 Å². The second-order valence-electron chi connectivity index (χ2n) is 12.9. The Morgan fingerprint density at radius 1 is 0.478 bits per heavy atom. The van der Waals surface area contributed by atoms with E-state index < -0.39 is 8.07 Å². The van der Waals surface area contributed by atoms with Crippen molar-refractivity contribution in [2.75, 3.05) is 4.90 Å². The zero-order valence-electron chi connectivity index (χ0n) is 25.5. The average molecular weight is 608 g/mol. The molecular weight excluding hydrogens is 579 g/mol. The van der Waals surface area contributed by atoms with E-state index in [2.05, 4.69) is 139 Å². The number of rotatable bonds is 3. The summed E-state index contributed by atoms with van der Waals surface area (Å²) in [6.45, 7) is 4.97. The quantitative estimate of drug-likeness (QED) is 0.187. The molecule has 0 spiro atoms. The normalized spacial score (nSPS) is 13.6. The summed E-state index contributed by atoms with van der Waals surface area (Å²) in [6.07, 6.45) is 0. The van der Waals surface area contributed by atoms with Crippen molar-refractivity contribution in [1.29, 1.82) is 0 Å². The first kappa shape index (κ1) is 25.7. The van der Waals surface area contributed by atoms with E-state index in [1.165, 1.54) is 32.3 Å². The molecule has 9 aromatic rings. The number of hydrogen-bond acceptors (Lipinski definition) is 3. The van der Waals surface area contributed by atoms with Gasteiger partial charge in [0.1, 0.15) is 30.4 Å². The fraction of sp³-hybridized carbons (Fsp3) is 0.0476. The van der Waals surface area contributed by atoms with E-state index in [1.807, 2.05) is 18.2 Å². The van der Waals surface area contributed by atoms with Gasteiger partial charge in [0.25, 0.3) is 0 Å². The van der Waals surface area contributed by atoms with E-state index in [0.717, 1.165) is 60.9 Å². The Hall–Kier alpha value is -5.58. The Morgan fingerprint density at radius 2 is 1.17 bits per heavy atom. The molecule has 4 heteroatoms. The Kier molecular flexibility index (Phi) is 5.16. The molecule has 218 valence electrons. The number of furan rings is 2. The number of nitrogens with zero attached hydrogens (tertiary/aromatic N) is 1. The van der Waals surface area contributed by atoms with Crippen molar-refractivity contribution in [1.82, 2.24) is 0 Å². The minimum atomic E-state index is -2.01. The van der Waals surface area contributed by atoms with Crippen LogP contribution in [0.15, 0.2) is 148 Å². The Morgan fingerprint density at radius 3 is 2.02 bits per heavy atom. The molecule has 2 aromatic heterocycles. The largest absolute Gasteiger partial charge is 0.456 e. The first-order valence-corrected chi connectivity index (χ1v) is 18.9. The minimum absolute atomic E-state index is 0.923. The van der Waals surface area contributed by atoms with Crippen molar-refractivity contribution in [3.63, 3.8) is 0 Å². The highest BCUT2D eigenvalue weighted by atomic mass is 28.3. The van der Waals surface area contributed by atoms with Gasteiger partial charge < -0.3 is 13.7 Å². The summed E-state index contributed by atoms with van der Waals surface area (Å²) in [6, 6.07) is 50.2. The molecule has 1 aliphatic heterocycles. The van der Waals surface area contributed by atoms with Gasteiger partial charge in [0.05, 0.1) is 0 Å². The molecule has 0 saturated heterocycles. The maximum Gasteiger partial charge on any atom is 0.143 e. The van der Waals surface area contributed by atoms with Crippen molar-refractivity contribution in [3.8, 4) is 11.1 Å². The van der Waals surface area contributed by atoms with Crippen molar-refractivity contribution in [2.24, 2.45) is 0 Å². The van der Waals surface area contributed by atoms with E-state index in [0.29, 0.717) is 0 Å². The van der Waals surface area contributed by atoms with Gasteiger partial charge in [-0.2, -0.15) is 0 Å². The Balaban J connectivity index is 1.17. The molecule has 0 fully saturated rings. The summed E-state index contributed by atoms with van der Waals surface area (Å²) < 4.78 is 12.7. The van der Waals surface area contributed by atoms with Gasteiger partial charge >= 0.3 is 0 Å². The van der Waals surface area contributed by atoms with E-state index in [1.54, 1.807) is 0 Å². The molecule has 0 unspecified atom stereocenters. The van der Waals surface area contributed by atoms with Gasteiger partial charge in [-0.25, -0.2) is 0 Å². The van der Waals surface area contributed by atoms with Crippen molar-refractivity contribution >= 4 is 90.2 Å². The van der Waals surface area contributed by atoms with Crippen LogP contribution in [-0.4, -0.2) is 8.07 Å². The van der Waals surface area contributed by atoms with Gasteiger partial charge in [-0.1, -0.05) is 85.9 Å². The number of anilines is 3. The number of hydrogen-bond donors (Lipinski definition) is 0. The highest BCUT2D eigenvalue weighted by Gasteiger charge is 2.39. The van der Waals surface area contributed by atoms with Crippen LogP contribution in [0.25, 0.3) is 65.8 Å². The van der Waals surface area contributed by atoms with Crippen LogP contribution in [0.2, 0.25) is 13.1 Å². The fourth-order valence-corrected chi connectivity index (χ4v) is 10.9. The molecule has 1 aliphatic rings. The predicted molar refractivity (Wildman–Crippen MR) is 195 cm³/mol. The summed E-state index contributed by atoms with van der Waals surface area (Å²) >= 11 is 0. The van der Waals surface area contributed by atoms with Crippen LogP contribution >= 0.6 is 0 Å². The summed E-state index contributed by atoms with van der Waals surface area (Å²) in [5, 5.41) is 9.96. The summed E-state index contributed by atoms with van der Waals surface area (Å²) in [4.78, 5) is 2.39. The zero-order valence-corrected chi connectivity index (χ0v) is 26.5. The molecule has 46 heavy (non-hydrogen) atoms. The lowest BCUT2D eigenvalue weighted by Crippen LogP contribution is -2.49. The van der Waals surface area contributed by atoms with Gasteiger partial charge in [0.2, 0.25) is 0 Å². The minimum Gasteiger partial charge on any atom is -0.456 e. The van der Waals surface area contributed by atoms with Gasteiger partial charge in [-0.3, -0.25) is 0 Å². The van der Waals surface area contributed by atoms with E-state index in [-0.39, 0.29) is 0 Å². The first-order valence-electron chi connectivity index (χ1n) is 15.9. The molecule has 0 aliphatic carbocycles. The van der Waals surface area contributed by atoms with Crippen LogP contribution < -0.4 is 15.3 Å². The molecule has 3 heterocycles. The maximum absolute atomic E-state index is 6.38. The third-order valence-corrected chi connectivity index (χ3v) is 13.6. The average Bonchev–Trinajstić information content (AvgIpc) is 3.73. The number of fused-ring (bicyclic) bond motifs is 12. The Labute approximate surface area is 266 Å². The van der Waals surface area contributed by atoms with Crippen LogP contribution in [0.5, 0.6) is 0 Å². The second kappa shape index (κ2) is 9.22. The van der Waals surface area contributed by atoms with Crippen molar-refractivity contribution < 1.29 is 8.83 Å². The molecule has 0 atom stereocenters. The van der Waals surface area contributed by atoms with E-state index in [9.17, 15) is 0 Å². The van der Waals surface area contributed by atoms with Crippen LogP contribution in [0.4, 0.5) is 17.1 Å². The van der Waals surface area contributed by atoms with Gasteiger partial charge in [-0.15, -0.1) is 0 Å². The van der Waals surface area contributed by atoms with Crippen LogP contribution in [0.1, 0.15) is 0 Å². The van der Waals surface area contributed by atoms with Crippen molar-refractivity contribution in [3.05, 3.63) is 140 Å². The maximum atomic E-state index is 6.38. The van der Waals surface area contributed by atoms with E-state index >= 15 is 0 Å². The Bertz CT molecular complexity index is 2680. The molecule has 7 aromatic carbocycles. The van der Waals surface area contributed by atoms with E-state index in [4.69, 9.17) is 8.83 Å². The monoisotopic (exact) mass is 607 g/mol. The van der Waals surface area contributed by atoms with Crippen LogP contribution in [0.3, 0.4) is 0 Å². The predicted octanol–water partition coefficient (Wildman–Crippen LogP) is 10.9. The molecule has 0 N–H and O–H groups in total. The summed E-state index contributed by atoms with van der Waals surface area (Å²) in [5.41, 5.74) is 9.88. The van der Waals surface area contributed by atoms with Crippen LogP contribution in [0, 0.1) is 0 Å². The van der Waals surface area contributed by atoms with Gasteiger partial charge in [-0.05, 0) is 93.6 Å². The highest BCUT2D eigenvalue weighted by Crippen LogP contribution is 2.43. The van der Waals surface area contributed by atoms with Gasteiger partial charge in [0, 0.05) is 44.0 Å². The fourth-order valence-electron chi connectivity index (χ4n) is 7.83. The SMILES string of the molecule is C[Si]1(C)c2cc(N(c3ccccc3)c3ccc4c(ccc5c6ccccc6oc45)c3)ccc2-c2c1ccc1oc3ccccc3c21. The zero-order chi connectivity index (χ0) is 30.6. The molecule has 0 amide bonds. The molecule has 0 bridgehead atoms. The lowest BCUT2D eigenvalue weighted by atomic mass is 9.99. The summed E-state index contributed by atoms with van der Waals surface area (Å²) in [7, 11) is -2.01. The second-order valence-corrected chi connectivity index (χ2v) is 17.3. The number of benzene rings is 7. The third-order valence-electron chi connectivity index (χ3n) is 10.0. The lowest BCUT2D eigenvalue weighted by Gasteiger charge is -2.27. The third kappa shape index (κ3) is 3.47. The highest BCUT2D eigenvalue weighted by molar-refractivity contribution is 7.04. The standard InChI is InChI=1S/C42H29NO2Si/c1-46(2)38-23-22-37-40(33-13-7-9-15-36(33)44-37)41(38)34-21-18-29(25-39(34)46)43(27-10-4-3-5-11-27)28-17-20-30-26(24-28)16-19-32-31-12-6-8-14-35(31)45-42(30)32/h3-25H,1-2H3. The lowest BCUT2D eigenvalue weighted by molar-refractivity contribution is 0.669. The molecule has 10 rings (SSSR count). The summed E-state index contributed by atoms with van der Waals surface area (Å²) in [5.74, 6) is 0. The molecule has 0 saturated carbocycles. The topological polar surface area (TPSA) is 29.5 Å². The molecule has 3 nitrogen and oxygen atoms in total. The smallest absolute Gasteiger partial charge is 0.143 e.